The Kier molecular flexibility index (Phi) is 8.65. The number of aromatic nitrogens is 1. The Labute approximate surface area is 246 Å². The molecule has 1 saturated heterocycles. The molecule has 1 aliphatic rings. The number of hydrogen-bond donors (Lipinski definition) is 0. The van der Waals surface area contributed by atoms with Crippen molar-refractivity contribution in [3.05, 3.63) is 82.3 Å². The van der Waals surface area contributed by atoms with Gasteiger partial charge in [-0.15, -0.1) is 0 Å². The minimum absolute atomic E-state index is 0.174. The summed E-state index contributed by atoms with van der Waals surface area (Å²) in [7, 11) is -3.63. The molecule has 0 radical (unpaired) electrons. The molecule has 40 heavy (non-hydrogen) atoms. The molecule has 1 aliphatic heterocycles. The van der Waals surface area contributed by atoms with Gasteiger partial charge in [0, 0.05) is 23.1 Å². The molecular formula is C29H29BrN4O4S2. The molecule has 2 heterocycles. The maximum absolute atomic E-state index is 13.7. The Morgan fingerprint density at radius 3 is 2.62 bits per heavy atom. The van der Waals surface area contributed by atoms with Crippen LogP contribution in [0.3, 0.4) is 0 Å². The monoisotopic (exact) mass is 640 g/mol. The lowest BCUT2D eigenvalue weighted by Crippen LogP contribution is -2.39. The summed E-state index contributed by atoms with van der Waals surface area (Å²) in [6.07, 6.45) is 3.46. The third-order valence-electron chi connectivity index (χ3n) is 6.58. The van der Waals surface area contributed by atoms with E-state index in [0.717, 1.165) is 38.8 Å². The molecule has 1 aromatic heterocycles. The molecule has 8 nitrogen and oxygen atoms in total. The Balaban J connectivity index is 1.45. The molecule has 1 atom stereocenters. The number of fused-ring (bicyclic) bond motifs is 1. The molecule has 1 amide bonds. The third kappa shape index (κ3) is 6.27. The van der Waals surface area contributed by atoms with E-state index in [1.165, 1.54) is 44.9 Å². The van der Waals surface area contributed by atoms with Crippen LogP contribution < -0.4 is 9.75 Å². The normalized spacial score (nSPS) is 16.4. The van der Waals surface area contributed by atoms with E-state index in [1.807, 2.05) is 49.4 Å². The van der Waals surface area contributed by atoms with Gasteiger partial charge in [-0.3, -0.25) is 4.79 Å². The van der Waals surface area contributed by atoms with Crippen molar-refractivity contribution in [2.24, 2.45) is 11.0 Å². The van der Waals surface area contributed by atoms with Crippen LogP contribution in [0.5, 0.6) is 5.75 Å². The van der Waals surface area contributed by atoms with Gasteiger partial charge in [0.05, 0.1) is 27.9 Å². The minimum atomic E-state index is -3.63. The first kappa shape index (κ1) is 28.4. The molecule has 0 spiro atoms. The summed E-state index contributed by atoms with van der Waals surface area (Å²) in [5, 5.41) is 6.17. The van der Waals surface area contributed by atoms with Crippen molar-refractivity contribution < 1.29 is 17.9 Å². The quantitative estimate of drug-likeness (QED) is 0.161. The lowest BCUT2D eigenvalue weighted by Gasteiger charge is -2.30. The highest BCUT2D eigenvalue weighted by Crippen LogP contribution is 2.32. The maximum Gasteiger partial charge on any atom is 0.280 e. The highest BCUT2D eigenvalue weighted by molar-refractivity contribution is 9.10. The van der Waals surface area contributed by atoms with Gasteiger partial charge in [-0.25, -0.2) is 13.4 Å². The molecule has 11 heteroatoms. The summed E-state index contributed by atoms with van der Waals surface area (Å²) in [5.74, 6) is 0.648. The van der Waals surface area contributed by atoms with Gasteiger partial charge in [-0.05, 0) is 98.0 Å². The van der Waals surface area contributed by atoms with Crippen LogP contribution in [0.1, 0.15) is 42.6 Å². The van der Waals surface area contributed by atoms with Gasteiger partial charge in [0.15, 0.2) is 0 Å². The zero-order valence-corrected chi connectivity index (χ0v) is 25.4. The molecule has 1 fully saturated rings. The fourth-order valence-electron chi connectivity index (χ4n) is 4.51. The van der Waals surface area contributed by atoms with Gasteiger partial charge in [0.1, 0.15) is 5.75 Å². The molecule has 208 valence electrons. The third-order valence-corrected chi connectivity index (χ3v) is 9.95. The lowest BCUT2D eigenvalue weighted by atomic mass is 10.0. The van der Waals surface area contributed by atoms with Crippen LogP contribution in [0.15, 0.2) is 81.2 Å². The number of sulfonamides is 1. The lowest BCUT2D eigenvalue weighted by molar-refractivity contribution is 0.0987. The zero-order chi connectivity index (χ0) is 28.3. The topological polar surface area (TPSA) is 92.2 Å². The van der Waals surface area contributed by atoms with Crippen molar-refractivity contribution >= 4 is 64.8 Å². The predicted octanol–water partition coefficient (Wildman–Crippen LogP) is 6.56. The molecule has 5 rings (SSSR count). The van der Waals surface area contributed by atoms with E-state index in [4.69, 9.17) is 4.74 Å². The number of thiazole rings is 1. The van der Waals surface area contributed by atoms with Gasteiger partial charge in [-0.2, -0.15) is 14.4 Å². The molecule has 3 aromatic carbocycles. The number of anilines is 1. The van der Waals surface area contributed by atoms with Crippen LogP contribution in [-0.4, -0.2) is 49.5 Å². The zero-order valence-electron chi connectivity index (χ0n) is 22.2. The van der Waals surface area contributed by atoms with Crippen molar-refractivity contribution in [3.63, 3.8) is 0 Å². The van der Waals surface area contributed by atoms with E-state index in [1.54, 1.807) is 6.21 Å². The minimum Gasteiger partial charge on any atom is -0.494 e. The number of piperidine rings is 1. The Morgan fingerprint density at radius 2 is 1.93 bits per heavy atom. The fraction of sp³-hybridized carbons (Fsp3) is 0.276. The van der Waals surface area contributed by atoms with Crippen molar-refractivity contribution in [1.82, 2.24) is 9.29 Å². The number of carbonyl (C=O) groups excluding carboxylic acids is 1. The van der Waals surface area contributed by atoms with Crippen LogP contribution in [0, 0.1) is 5.92 Å². The number of carbonyl (C=O) groups is 1. The smallest absolute Gasteiger partial charge is 0.280 e. The largest absolute Gasteiger partial charge is 0.494 e. The Morgan fingerprint density at radius 1 is 1.18 bits per heavy atom. The van der Waals surface area contributed by atoms with E-state index >= 15 is 0 Å². The highest BCUT2D eigenvalue weighted by Gasteiger charge is 2.29. The van der Waals surface area contributed by atoms with E-state index in [-0.39, 0.29) is 4.90 Å². The van der Waals surface area contributed by atoms with Gasteiger partial charge in [0.2, 0.25) is 15.2 Å². The first-order chi connectivity index (χ1) is 19.2. The molecule has 0 bridgehead atoms. The number of nitrogens with zero attached hydrogens (tertiary/aromatic N) is 4. The molecule has 1 unspecified atom stereocenters. The van der Waals surface area contributed by atoms with E-state index in [2.05, 4.69) is 32.9 Å². The number of halogens is 1. The SMILES string of the molecule is CCOc1ccc(/C=N/N(C(=O)c2ccc(S(=O)(=O)N3CCCC(C)C3)cc2)c2nc3ccc(Br)cc3s2)cc1. The number of benzene rings is 3. The van der Waals surface area contributed by atoms with E-state index in [0.29, 0.717) is 36.3 Å². The summed E-state index contributed by atoms with van der Waals surface area (Å²) in [4.78, 5) is 18.6. The number of hydrazone groups is 1. The van der Waals surface area contributed by atoms with Crippen molar-refractivity contribution in [2.45, 2.75) is 31.6 Å². The first-order valence-corrected chi connectivity index (χ1v) is 16.1. The maximum atomic E-state index is 13.7. The number of ether oxygens (including phenoxy) is 1. The number of hydrogen-bond acceptors (Lipinski definition) is 7. The van der Waals surface area contributed by atoms with Crippen LogP contribution in [-0.2, 0) is 10.0 Å². The number of rotatable bonds is 8. The summed E-state index contributed by atoms with van der Waals surface area (Å²) in [5.41, 5.74) is 1.83. The molecule has 0 saturated carbocycles. The average Bonchev–Trinajstić information content (AvgIpc) is 3.37. The van der Waals surface area contributed by atoms with Crippen molar-refractivity contribution in [1.29, 1.82) is 0 Å². The van der Waals surface area contributed by atoms with Gasteiger partial charge in [0.25, 0.3) is 5.91 Å². The van der Waals surface area contributed by atoms with Crippen molar-refractivity contribution in [3.8, 4) is 5.75 Å². The van der Waals surface area contributed by atoms with Gasteiger partial charge >= 0.3 is 0 Å². The predicted molar refractivity (Wildman–Crippen MR) is 163 cm³/mol. The summed E-state index contributed by atoms with van der Waals surface area (Å²) >= 11 is 4.82. The van der Waals surface area contributed by atoms with E-state index < -0.39 is 15.9 Å². The Bertz CT molecular complexity index is 1640. The fourth-order valence-corrected chi connectivity index (χ4v) is 7.58. The molecular weight excluding hydrogens is 612 g/mol. The Hall–Kier alpha value is -3.12. The second-order valence-electron chi connectivity index (χ2n) is 9.61. The van der Waals surface area contributed by atoms with Crippen LogP contribution in [0.4, 0.5) is 5.13 Å². The molecule has 0 N–H and O–H groups in total. The van der Waals surface area contributed by atoms with Crippen LogP contribution in [0.2, 0.25) is 0 Å². The van der Waals surface area contributed by atoms with E-state index in [9.17, 15) is 13.2 Å². The second kappa shape index (κ2) is 12.2. The van der Waals surface area contributed by atoms with Gasteiger partial charge in [-0.1, -0.05) is 34.2 Å². The second-order valence-corrected chi connectivity index (χ2v) is 13.5. The average molecular weight is 642 g/mol. The summed E-state index contributed by atoms with van der Waals surface area (Å²) in [6, 6.07) is 19.2. The first-order valence-electron chi connectivity index (χ1n) is 13.0. The summed E-state index contributed by atoms with van der Waals surface area (Å²) in [6.45, 7) is 5.57. The molecule has 0 aliphatic carbocycles. The molecule has 4 aromatic rings. The highest BCUT2D eigenvalue weighted by atomic mass is 79.9. The standard InChI is InChI=1S/C29H29BrN4O4S2/c1-3-38-24-11-6-21(7-12-24)18-31-34(29-32-26-15-10-23(30)17-27(26)39-29)28(35)22-8-13-25(14-9-22)40(36,37)33-16-4-5-20(2)19-33/h6-15,17-18,20H,3-5,16,19H2,1-2H3/b31-18+. The van der Waals surface area contributed by atoms with Gasteiger partial charge < -0.3 is 4.74 Å². The van der Waals surface area contributed by atoms with Crippen LogP contribution in [0.25, 0.3) is 10.2 Å². The summed E-state index contributed by atoms with van der Waals surface area (Å²) < 4.78 is 35.3. The number of amides is 1. The van der Waals surface area contributed by atoms with Crippen molar-refractivity contribution in [2.75, 3.05) is 24.7 Å². The van der Waals surface area contributed by atoms with Crippen LogP contribution >= 0.6 is 27.3 Å².